The molecule has 0 spiro atoms. The minimum Gasteiger partial charge on any atom is -0.478 e. The third-order valence-corrected chi connectivity index (χ3v) is 7.07. The summed E-state index contributed by atoms with van der Waals surface area (Å²) in [6.45, 7) is 9.88. The Hall–Kier alpha value is -3.60. The first kappa shape index (κ1) is 23.6. The lowest BCUT2D eigenvalue weighted by atomic mass is 9.85. The van der Waals surface area contributed by atoms with Crippen molar-refractivity contribution in [3.05, 3.63) is 93.5 Å². The fourth-order valence-corrected chi connectivity index (χ4v) is 4.85. The highest BCUT2D eigenvalue weighted by molar-refractivity contribution is 6.08. The normalized spacial score (nSPS) is 14.2. The zero-order valence-electron chi connectivity index (χ0n) is 20.3. The molecule has 1 heterocycles. The van der Waals surface area contributed by atoms with Crippen LogP contribution in [-0.2, 0) is 0 Å². The molecule has 5 heteroatoms. The molecule has 176 valence electrons. The molecule has 0 bridgehead atoms. The molecule has 34 heavy (non-hydrogen) atoms. The number of hydrogen-bond acceptors (Lipinski definition) is 3. The van der Waals surface area contributed by atoms with Crippen LogP contribution in [0.4, 0.5) is 11.4 Å². The number of anilines is 2. The quantitative estimate of drug-likeness (QED) is 0.476. The average molecular weight is 457 g/mol. The molecule has 0 saturated carbocycles. The number of nitrogens with one attached hydrogen (secondary N) is 1. The van der Waals surface area contributed by atoms with Gasteiger partial charge in [-0.25, -0.2) is 4.79 Å². The summed E-state index contributed by atoms with van der Waals surface area (Å²) in [5.74, 6) is -0.833. The molecular weight excluding hydrogens is 424 g/mol. The van der Waals surface area contributed by atoms with E-state index < -0.39 is 5.97 Å². The summed E-state index contributed by atoms with van der Waals surface area (Å²) in [4.78, 5) is 27.1. The van der Waals surface area contributed by atoms with Crippen LogP contribution < -0.4 is 10.2 Å². The van der Waals surface area contributed by atoms with Gasteiger partial charge in [0.05, 0.1) is 11.3 Å². The van der Waals surface area contributed by atoms with Crippen molar-refractivity contribution in [2.24, 2.45) is 0 Å². The molecule has 0 aliphatic carbocycles. The van der Waals surface area contributed by atoms with E-state index in [4.69, 9.17) is 0 Å². The molecule has 5 nitrogen and oxygen atoms in total. The van der Waals surface area contributed by atoms with Gasteiger partial charge >= 0.3 is 5.97 Å². The van der Waals surface area contributed by atoms with Crippen molar-refractivity contribution in [1.82, 2.24) is 0 Å². The summed E-state index contributed by atoms with van der Waals surface area (Å²) < 4.78 is 0. The van der Waals surface area contributed by atoms with E-state index in [1.54, 1.807) is 12.1 Å². The second kappa shape index (κ2) is 9.72. The number of amides is 1. The molecule has 0 aromatic heterocycles. The van der Waals surface area contributed by atoms with Crippen LogP contribution in [0.25, 0.3) is 0 Å². The van der Waals surface area contributed by atoms with Crippen LogP contribution in [0.1, 0.15) is 67.3 Å². The first-order valence-corrected chi connectivity index (χ1v) is 11.8. The number of carboxylic acids is 1. The molecule has 2 N–H and O–H groups in total. The fraction of sp³-hybridized carbons (Fsp3) is 0.310. The second-order valence-electron chi connectivity index (χ2n) is 9.36. The number of aryl methyl sites for hydroxylation is 3. The fourth-order valence-electron chi connectivity index (χ4n) is 4.85. The van der Waals surface area contributed by atoms with Gasteiger partial charge in [-0.3, -0.25) is 4.79 Å². The maximum Gasteiger partial charge on any atom is 0.337 e. The van der Waals surface area contributed by atoms with E-state index in [-0.39, 0.29) is 11.5 Å². The number of carboxylic acid groups (broad SMARTS) is 1. The lowest BCUT2D eigenvalue weighted by Crippen LogP contribution is -2.33. The SMILES string of the molecule is Cc1ccc(C)c(C(=O)Nc2ccc(N3CCC(c4cccc(C)c4C)CC3)cc2C(=O)O)c1. The number of piperidine rings is 1. The van der Waals surface area contributed by atoms with Gasteiger partial charge in [-0.05, 0) is 93.0 Å². The van der Waals surface area contributed by atoms with Gasteiger partial charge < -0.3 is 15.3 Å². The molecule has 1 fully saturated rings. The number of carbonyl (C=O) groups is 2. The highest BCUT2D eigenvalue weighted by atomic mass is 16.4. The molecule has 4 rings (SSSR count). The minimum absolute atomic E-state index is 0.104. The molecule has 1 amide bonds. The number of benzene rings is 3. The highest BCUT2D eigenvalue weighted by Gasteiger charge is 2.24. The molecular formula is C29H32N2O3. The minimum atomic E-state index is -1.05. The van der Waals surface area contributed by atoms with Crippen molar-refractivity contribution in [2.75, 3.05) is 23.3 Å². The van der Waals surface area contributed by atoms with Crippen molar-refractivity contribution in [3.63, 3.8) is 0 Å². The Morgan fingerprint density at radius 3 is 2.32 bits per heavy atom. The van der Waals surface area contributed by atoms with Gasteiger partial charge in [0.2, 0.25) is 0 Å². The van der Waals surface area contributed by atoms with Gasteiger partial charge in [-0.15, -0.1) is 0 Å². The molecule has 1 aliphatic heterocycles. The van der Waals surface area contributed by atoms with Crippen molar-refractivity contribution < 1.29 is 14.7 Å². The van der Waals surface area contributed by atoms with Gasteiger partial charge in [0, 0.05) is 24.3 Å². The van der Waals surface area contributed by atoms with Crippen LogP contribution in [-0.4, -0.2) is 30.1 Å². The number of aromatic carboxylic acids is 1. The molecule has 1 aliphatic rings. The smallest absolute Gasteiger partial charge is 0.337 e. The Morgan fingerprint density at radius 2 is 1.62 bits per heavy atom. The van der Waals surface area contributed by atoms with Gasteiger partial charge in [-0.1, -0.05) is 35.9 Å². The monoisotopic (exact) mass is 456 g/mol. The van der Waals surface area contributed by atoms with Crippen LogP contribution in [0.15, 0.2) is 54.6 Å². The zero-order valence-corrected chi connectivity index (χ0v) is 20.3. The van der Waals surface area contributed by atoms with E-state index in [9.17, 15) is 14.7 Å². The maximum atomic E-state index is 12.9. The Kier molecular flexibility index (Phi) is 6.73. The van der Waals surface area contributed by atoms with Gasteiger partial charge in [0.1, 0.15) is 0 Å². The Balaban J connectivity index is 1.51. The lowest BCUT2D eigenvalue weighted by Gasteiger charge is -2.35. The second-order valence-corrected chi connectivity index (χ2v) is 9.36. The number of nitrogens with zero attached hydrogens (tertiary/aromatic N) is 1. The van der Waals surface area contributed by atoms with Crippen LogP contribution in [0.2, 0.25) is 0 Å². The first-order chi connectivity index (χ1) is 16.2. The van der Waals surface area contributed by atoms with Gasteiger partial charge in [0.15, 0.2) is 0 Å². The largest absolute Gasteiger partial charge is 0.478 e. The van der Waals surface area contributed by atoms with Gasteiger partial charge in [-0.2, -0.15) is 0 Å². The average Bonchev–Trinajstić information content (AvgIpc) is 2.82. The van der Waals surface area contributed by atoms with Crippen LogP contribution in [0.3, 0.4) is 0 Å². The predicted molar refractivity (Wildman–Crippen MR) is 137 cm³/mol. The van der Waals surface area contributed by atoms with Crippen LogP contribution in [0.5, 0.6) is 0 Å². The summed E-state index contributed by atoms with van der Waals surface area (Å²) in [7, 11) is 0. The number of hydrogen-bond donors (Lipinski definition) is 2. The van der Waals surface area contributed by atoms with E-state index in [1.807, 2.05) is 38.1 Å². The Bertz CT molecular complexity index is 1240. The molecule has 0 unspecified atom stereocenters. The van der Waals surface area contributed by atoms with Crippen molar-refractivity contribution >= 4 is 23.3 Å². The van der Waals surface area contributed by atoms with E-state index in [0.29, 0.717) is 17.2 Å². The number of rotatable bonds is 5. The zero-order chi connectivity index (χ0) is 24.4. The molecule has 0 radical (unpaired) electrons. The molecule has 0 atom stereocenters. The summed E-state index contributed by atoms with van der Waals surface area (Å²) in [5, 5.41) is 12.7. The van der Waals surface area contributed by atoms with E-state index >= 15 is 0 Å². The van der Waals surface area contributed by atoms with Crippen molar-refractivity contribution in [3.8, 4) is 0 Å². The van der Waals surface area contributed by atoms with Crippen LogP contribution >= 0.6 is 0 Å². The summed E-state index contributed by atoms with van der Waals surface area (Å²) in [6.07, 6.45) is 2.05. The standard InChI is InChI=1S/C29H32N2O3/c1-18-8-9-20(3)25(16-18)28(32)30-27-11-10-23(17-26(27)29(33)34)31-14-12-22(13-15-31)24-7-5-6-19(2)21(24)4/h5-11,16-17,22H,12-15H2,1-4H3,(H,30,32)(H,33,34). The van der Waals surface area contributed by atoms with E-state index in [1.165, 1.54) is 16.7 Å². The third-order valence-electron chi connectivity index (χ3n) is 7.07. The topological polar surface area (TPSA) is 69.6 Å². The first-order valence-electron chi connectivity index (χ1n) is 11.8. The maximum absolute atomic E-state index is 12.9. The molecule has 3 aromatic carbocycles. The summed E-state index contributed by atoms with van der Waals surface area (Å²) in [6, 6.07) is 17.5. The van der Waals surface area contributed by atoms with Crippen LogP contribution in [0, 0.1) is 27.7 Å². The van der Waals surface area contributed by atoms with E-state index in [2.05, 4.69) is 42.3 Å². The predicted octanol–water partition coefficient (Wildman–Crippen LogP) is 6.25. The molecule has 3 aromatic rings. The highest BCUT2D eigenvalue weighted by Crippen LogP contribution is 2.34. The number of carbonyl (C=O) groups excluding carboxylic acids is 1. The van der Waals surface area contributed by atoms with Crippen molar-refractivity contribution in [2.45, 2.75) is 46.5 Å². The Morgan fingerprint density at radius 1 is 0.882 bits per heavy atom. The van der Waals surface area contributed by atoms with Gasteiger partial charge in [0.25, 0.3) is 5.91 Å². The summed E-state index contributed by atoms with van der Waals surface area (Å²) >= 11 is 0. The Labute approximate surface area is 201 Å². The summed E-state index contributed by atoms with van der Waals surface area (Å²) in [5.41, 5.74) is 7.80. The lowest BCUT2D eigenvalue weighted by molar-refractivity contribution is 0.0698. The third kappa shape index (κ3) is 4.84. The van der Waals surface area contributed by atoms with Crippen molar-refractivity contribution in [1.29, 1.82) is 0 Å². The molecule has 1 saturated heterocycles. The van der Waals surface area contributed by atoms with E-state index in [0.717, 1.165) is 42.7 Å².